The average Bonchev–Trinajstić information content (AvgIpc) is 2.85. The number of alkyl carbamates (subject to hydrolysis) is 1. The molecule has 1 fully saturated rings. The normalized spacial score (nSPS) is 22.1. The Morgan fingerprint density at radius 2 is 2.26 bits per heavy atom. The Balaban J connectivity index is 1.68. The number of nitrogens with two attached hydrogens (primary N) is 1. The van der Waals surface area contributed by atoms with E-state index in [9.17, 15) is 4.79 Å². The van der Waals surface area contributed by atoms with Gasteiger partial charge in [0.05, 0.1) is 0 Å². The molecule has 0 aliphatic heterocycles. The van der Waals surface area contributed by atoms with Crippen molar-refractivity contribution in [1.29, 1.82) is 0 Å². The van der Waals surface area contributed by atoms with E-state index in [1.54, 1.807) is 11.3 Å². The Morgan fingerprint density at radius 1 is 1.53 bits per heavy atom. The Bertz CT molecular complexity index is 453. The zero-order valence-electron chi connectivity index (χ0n) is 11.5. The van der Waals surface area contributed by atoms with E-state index >= 15 is 0 Å². The van der Waals surface area contributed by atoms with E-state index in [0.717, 1.165) is 23.5 Å². The zero-order chi connectivity index (χ0) is 14.0. The fourth-order valence-electron chi connectivity index (χ4n) is 1.76. The Labute approximate surface area is 117 Å². The molecule has 0 radical (unpaired) electrons. The summed E-state index contributed by atoms with van der Waals surface area (Å²) in [6.45, 7) is 6.32. The van der Waals surface area contributed by atoms with Gasteiger partial charge in [-0.2, -0.15) is 0 Å². The zero-order valence-corrected chi connectivity index (χ0v) is 12.3. The first-order valence-corrected chi connectivity index (χ1v) is 7.28. The second-order valence-corrected chi connectivity index (χ2v) is 6.78. The van der Waals surface area contributed by atoms with Crippen molar-refractivity contribution in [1.82, 2.24) is 10.6 Å². The predicted octanol–water partition coefficient (Wildman–Crippen LogP) is 2.09. The maximum absolute atomic E-state index is 11.6. The van der Waals surface area contributed by atoms with Crippen molar-refractivity contribution in [2.75, 3.05) is 5.73 Å². The number of hydrogen-bond donors (Lipinski definition) is 3. The lowest BCUT2D eigenvalue weighted by molar-refractivity contribution is 0.0522. The maximum Gasteiger partial charge on any atom is 0.407 e. The summed E-state index contributed by atoms with van der Waals surface area (Å²) in [6.07, 6.45) is 0.585. The van der Waals surface area contributed by atoms with Crippen LogP contribution in [0.5, 0.6) is 0 Å². The summed E-state index contributed by atoms with van der Waals surface area (Å²) >= 11 is 1.64. The van der Waals surface area contributed by atoms with Gasteiger partial charge in [-0.05, 0) is 38.6 Å². The van der Waals surface area contributed by atoms with E-state index < -0.39 is 5.60 Å². The Hall–Kier alpha value is -1.27. The van der Waals surface area contributed by atoms with Gasteiger partial charge in [-0.25, -0.2) is 4.79 Å². The first kappa shape index (κ1) is 14.1. The summed E-state index contributed by atoms with van der Waals surface area (Å²) in [6, 6.07) is 2.38. The SMILES string of the molecule is CC(C)(C)OC(=O)NC1CC1NCc1sccc1N. The van der Waals surface area contributed by atoms with Gasteiger partial charge in [-0.15, -0.1) is 11.3 Å². The van der Waals surface area contributed by atoms with Crippen LogP contribution in [0.2, 0.25) is 0 Å². The van der Waals surface area contributed by atoms with Gasteiger partial charge in [0.25, 0.3) is 0 Å². The van der Waals surface area contributed by atoms with Crippen LogP contribution in [0, 0.1) is 0 Å². The summed E-state index contributed by atoms with van der Waals surface area (Å²) in [5.74, 6) is 0. The molecule has 106 valence electrons. The topological polar surface area (TPSA) is 76.4 Å². The molecule has 1 amide bonds. The number of rotatable bonds is 4. The van der Waals surface area contributed by atoms with Crippen LogP contribution in [0.3, 0.4) is 0 Å². The molecule has 1 aliphatic carbocycles. The van der Waals surface area contributed by atoms with Crippen molar-refractivity contribution in [2.45, 2.75) is 51.4 Å². The lowest BCUT2D eigenvalue weighted by Crippen LogP contribution is -2.36. The van der Waals surface area contributed by atoms with Crippen molar-refractivity contribution in [2.24, 2.45) is 0 Å². The van der Waals surface area contributed by atoms with E-state index in [1.165, 1.54) is 0 Å². The highest BCUT2D eigenvalue weighted by molar-refractivity contribution is 7.10. The monoisotopic (exact) mass is 283 g/mol. The molecule has 4 N–H and O–H groups in total. The van der Waals surface area contributed by atoms with Crippen LogP contribution in [0.4, 0.5) is 10.5 Å². The number of amides is 1. The molecule has 1 aromatic heterocycles. The van der Waals surface area contributed by atoms with Gasteiger partial charge in [0.1, 0.15) is 5.60 Å². The quantitative estimate of drug-likeness (QED) is 0.791. The molecule has 2 atom stereocenters. The summed E-state index contributed by atoms with van der Waals surface area (Å²) < 4.78 is 5.21. The molecule has 2 unspecified atom stereocenters. The van der Waals surface area contributed by atoms with Crippen LogP contribution in [-0.2, 0) is 11.3 Å². The first-order valence-electron chi connectivity index (χ1n) is 6.40. The highest BCUT2D eigenvalue weighted by Gasteiger charge is 2.38. The molecule has 0 spiro atoms. The van der Waals surface area contributed by atoms with Crippen LogP contribution in [0.25, 0.3) is 0 Å². The smallest absolute Gasteiger partial charge is 0.407 e. The Kier molecular flexibility index (Phi) is 4.01. The fourth-order valence-corrected chi connectivity index (χ4v) is 2.51. The fraction of sp³-hybridized carbons (Fsp3) is 0.615. The summed E-state index contributed by atoms with van der Waals surface area (Å²) in [5, 5.41) is 8.21. The van der Waals surface area contributed by atoms with Crippen LogP contribution >= 0.6 is 11.3 Å². The van der Waals surface area contributed by atoms with E-state index in [4.69, 9.17) is 10.5 Å². The van der Waals surface area contributed by atoms with Gasteiger partial charge in [-0.1, -0.05) is 0 Å². The summed E-state index contributed by atoms with van der Waals surface area (Å²) in [5.41, 5.74) is 6.19. The molecule has 1 heterocycles. The summed E-state index contributed by atoms with van der Waals surface area (Å²) in [7, 11) is 0. The van der Waals surface area contributed by atoms with E-state index in [0.29, 0.717) is 6.04 Å². The van der Waals surface area contributed by atoms with Crippen molar-refractivity contribution >= 4 is 23.1 Å². The number of carbonyl (C=O) groups excluding carboxylic acids is 1. The molecular formula is C13H21N3O2S. The Morgan fingerprint density at radius 3 is 2.84 bits per heavy atom. The number of hydrogen-bond acceptors (Lipinski definition) is 5. The van der Waals surface area contributed by atoms with Gasteiger partial charge in [0.2, 0.25) is 0 Å². The molecule has 2 rings (SSSR count). The number of nitrogens with one attached hydrogen (secondary N) is 2. The van der Waals surface area contributed by atoms with Gasteiger partial charge >= 0.3 is 6.09 Å². The molecule has 19 heavy (non-hydrogen) atoms. The number of carbonyl (C=O) groups is 1. The van der Waals surface area contributed by atoms with E-state index in [1.807, 2.05) is 32.2 Å². The van der Waals surface area contributed by atoms with Crippen molar-refractivity contribution in [3.8, 4) is 0 Å². The van der Waals surface area contributed by atoms with Crippen molar-refractivity contribution in [3.05, 3.63) is 16.3 Å². The lowest BCUT2D eigenvalue weighted by atomic mass is 10.2. The average molecular weight is 283 g/mol. The highest BCUT2D eigenvalue weighted by Crippen LogP contribution is 2.24. The molecule has 1 saturated carbocycles. The van der Waals surface area contributed by atoms with Gasteiger partial charge in [0.15, 0.2) is 0 Å². The van der Waals surface area contributed by atoms with E-state index in [-0.39, 0.29) is 12.1 Å². The van der Waals surface area contributed by atoms with Gasteiger partial charge in [-0.3, -0.25) is 0 Å². The number of ether oxygens (including phenoxy) is 1. The second-order valence-electron chi connectivity index (χ2n) is 5.77. The molecule has 1 aromatic rings. The van der Waals surface area contributed by atoms with Gasteiger partial charge in [0, 0.05) is 29.2 Å². The van der Waals surface area contributed by atoms with E-state index in [2.05, 4.69) is 10.6 Å². The largest absolute Gasteiger partial charge is 0.444 e. The summed E-state index contributed by atoms with van der Waals surface area (Å²) in [4.78, 5) is 12.7. The molecule has 0 aromatic carbocycles. The standard InChI is InChI=1S/C13H21N3O2S/c1-13(2,3)18-12(17)16-10-6-9(10)15-7-11-8(14)4-5-19-11/h4-5,9-10,15H,6-7,14H2,1-3H3,(H,16,17). The maximum atomic E-state index is 11.6. The van der Waals surface area contributed by atoms with Crippen LogP contribution in [0.15, 0.2) is 11.4 Å². The van der Waals surface area contributed by atoms with Crippen LogP contribution < -0.4 is 16.4 Å². The first-order chi connectivity index (χ1) is 8.85. The van der Waals surface area contributed by atoms with Crippen molar-refractivity contribution < 1.29 is 9.53 Å². The molecule has 0 bridgehead atoms. The molecule has 1 aliphatic rings. The minimum Gasteiger partial charge on any atom is -0.444 e. The minimum absolute atomic E-state index is 0.163. The molecular weight excluding hydrogens is 262 g/mol. The number of thiophene rings is 1. The molecule has 5 nitrogen and oxygen atoms in total. The third-order valence-electron chi connectivity index (χ3n) is 2.80. The number of nitrogen functional groups attached to an aromatic ring is 1. The molecule has 0 saturated heterocycles. The predicted molar refractivity (Wildman–Crippen MR) is 77.1 cm³/mol. The van der Waals surface area contributed by atoms with Crippen LogP contribution in [0.1, 0.15) is 32.1 Å². The number of anilines is 1. The third-order valence-corrected chi connectivity index (χ3v) is 3.73. The third kappa shape index (κ3) is 4.40. The van der Waals surface area contributed by atoms with Crippen LogP contribution in [-0.4, -0.2) is 23.8 Å². The molecule has 6 heteroatoms. The van der Waals surface area contributed by atoms with Gasteiger partial charge < -0.3 is 21.1 Å². The lowest BCUT2D eigenvalue weighted by Gasteiger charge is -2.19. The highest BCUT2D eigenvalue weighted by atomic mass is 32.1. The van der Waals surface area contributed by atoms with Crippen molar-refractivity contribution in [3.63, 3.8) is 0 Å². The second kappa shape index (κ2) is 5.38. The minimum atomic E-state index is -0.451.